The van der Waals surface area contributed by atoms with Gasteiger partial charge in [0.05, 0.1) is 25.0 Å². The molecule has 1 aromatic heterocycles. The summed E-state index contributed by atoms with van der Waals surface area (Å²) >= 11 is 5.88. The summed E-state index contributed by atoms with van der Waals surface area (Å²) in [7, 11) is 0. The predicted octanol–water partition coefficient (Wildman–Crippen LogP) is 0.965. The molecule has 0 unspecified atom stereocenters. The summed E-state index contributed by atoms with van der Waals surface area (Å²) in [6, 6.07) is 7.47. The van der Waals surface area contributed by atoms with Crippen molar-refractivity contribution in [2.45, 2.75) is 12.8 Å². The van der Waals surface area contributed by atoms with Gasteiger partial charge in [0.15, 0.2) is 5.82 Å². The Kier molecular flexibility index (Phi) is 3.57. The molecule has 0 saturated carbocycles. The molecule has 6 heteroatoms. The van der Waals surface area contributed by atoms with E-state index in [4.69, 9.17) is 11.6 Å². The second-order valence-electron chi connectivity index (χ2n) is 4.62. The van der Waals surface area contributed by atoms with E-state index in [2.05, 4.69) is 21.7 Å². The third-order valence-corrected chi connectivity index (χ3v) is 3.53. The van der Waals surface area contributed by atoms with Crippen molar-refractivity contribution >= 4 is 17.7 Å². The summed E-state index contributed by atoms with van der Waals surface area (Å²) in [6.45, 7) is 2.39. The van der Waals surface area contributed by atoms with Crippen LogP contribution in [-0.4, -0.2) is 33.3 Å². The molecule has 0 spiro atoms. The molecule has 2 heterocycles. The van der Waals surface area contributed by atoms with Crippen molar-refractivity contribution in [3.8, 4) is 5.69 Å². The first-order valence-electron chi connectivity index (χ1n) is 6.40. The Morgan fingerprint density at radius 2 is 1.89 bits per heavy atom. The Hall–Kier alpha value is -1.72. The molecule has 1 N–H and O–H groups in total. The van der Waals surface area contributed by atoms with E-state index in [1.807, 2.05) is 30.3 Å². The van der Waals surface area contributed by atoms with Crippen molar-refractivity contribution in [3.05, 3.63) is 41.3 Å². The van der Waals surface area contributed by atoms with Crippen LogP contribution in [0.2, 0.25) is 5.02 Å². The molecule has 2 aromatic rings. The second-order valence-corrected chi connectivity index (χ2v) is 5.06. The monoisotopic (exact) mass is 276 g/mol. The van der Waals surface area contributed by atoms with Gasteiger partial charge in [-0.05, 0) is 34.7 Å². The SMILES string of the molecule is Clc1ccc(-n2nnnc2/C=C/[NH+]2CCCC2)cc1. The number of aromatic nitrogens is 4. The first-order chi connectivity index (χ1) is 9.33. The highest BCUT2D eigenvalue weighted by Gasteiger charge is 2.13. The highest BCUT2D eigenvalue weighted by Crippen LogP contribution is 2.13. The van der Waals surface area contributed by atoms with Crippen molar-refractivity contribution in [1.82, 2.24) is 20.2 Å². The van der Waals surface area contributed by atoms with Crippen LogP contribution in [0.4, 0.5) is 0 Å². The second kappa shape index (κ2) is 5.50. The van der Waals surface area contributed by atoms with Crippen LogP contribution in [0.5, 0.6) is 0 Å². The quantitative estimate of drug-likeness (QED) is 0.909. The summed E-state index contributed by atoms with van der Waals surface area (Å²) in [5, 5.41) is 12.5. The topological polar surface area (TPSA) is 48.0 Å². The summed E-state index contributed by atoms with van der Waals surface area (Å²) in [4.78, 5) is 1.48. The molecule has 3 rings (SSSR count). The zero-order chi connectivity index (χ0) is 13.1. The van der Waals surface area contributed by atoms with Gasteiger partial charge < -0.3 is 4.90 Å². The Morgan fingerprint density at radius 3 is 2.63 bits per heavy atom. The summed E-state index contributed by atoms with van der Waals surface area (Å²) in [5.74, 6) is 0.738. The first-order valence-corrected chi connectivity index (χ1v) is 6.78. The largest absolute Gasteiger partial charge is 0.309 e. The van der Waals surface area contributed by atoms with Gasteiger partial charge in [0.25, 0.3) is 0 Å². The zero-order valence-corrected chi connectivity index (χ0v) is 11.2. The fourth-order valence-corrected chi connectivity index (χ4v) is 2.38. The van der Waals surface area contributed by atoms with Gasteiger partial charge in [-0.15, -0.1) is 5.10 Å². The van der Waals surface area contributed by atoms with Gasteiger partial charge in [0.2, 0.25) is 0 Å². The van der Waals surface area contributed by atoms with Crippen LogP contribution >= 0.6 is 11.6 Å². The minimum Gasteiger partial charge on any atom is -0.309 e. The van der Waals surface area contributed by atoms with E-state index in [1.54, 1.807) is 4.68 Å². The lowest BCUT2D eigenvalue weighted by molar-refractivity contribution is -0.831. The molecule has 1 fully saturated rings. The molecular formula is C13H15ClN5+. The minimum absolute atomic E-state index is 0.704. The van der Waals surface area contributed by atoms with E-state index >= 15 is 0 Å². The van der Waals surface area contributed by atoms with Crippen LogP contribution in [0.3, 0.4) is 0 Å². The van der Waals surface area contributed by atoms with Gasteiger partial charge >= 0.3 is 0 Å². The van der Waals surface area contributed by atoms with Crippen molar-refractivity contribution in [1.29, 1.82) is 0 Å². The number of nitrogens with one attached hydrogen (secondary N) is 1. The normalized spacial score (nSPS) is 16.5. The van der Waals surface area contributed by atoms with Crippen LogP contribution in [0.25, 0.3) is 11.8 Å². The fraction of sp³-hybridized carbons (Fsp3) is 0.308. The van der Waals surface area contributed by atoms with Gasteiger partial charge in [0, 0.05) is 23.9 Å². The maximum absolute atomic E-state index is 5.88. The molecule has 0 amide bonds. The van der Waals surface area contributed by atoms with Crippen molar-refractivity contribution in [3.63, 3.8) is 0 Å². The van der Waals surface area contributed by atoms with Gasteiger partial charge in [-0.2, -0.15) is 4.68 Å². The summed E-state index contributed by atoms with van der Waals surface area (Å²) in [6.07, 6.45) is 6.71. The Labute approximate surface area is 116 Å². The number of hydrogen-bond acceptors (Lipinski definition) is 3. The number of nitrogens with zero attached hydrogens (tertiary/aromatic N) is 4. The average Bonchev–Trinajstić information content (AvgIpc) is 3.08. The van der Waals surface area contributed by atoms with Crippen molar-refractivity contribution in [2.24, 2.45) is 0 Å². The first kappa shape index (κ1) is 12.3. The number of tetrazole rings is 1. The molecule has 1 aliphatic heterocycles. The molecule has 0 bridgehead atoms. The average molecular weight is 277 g/mol. The minimum atomic E-state index is 0.704. The van der Waals surface area contributed by atoms with Crippen molar-refractivity contribution < 1.29 is 4.90 Å². The van der Waals surface area contributed by atoms with Gasteiger partial charge in [0.1, 0.15) is 0 Å². The maximum Gasteiger partial charge on any atom is 0.185 e. The Balaban J connectivity index is 1.83. The van der Waals surface area contributed by atoms with E-state index in [-0.39, 0.29) is 0 Å². The Morgan fingerprint density at radius 1 is 1.16 bits per heavy atom. The van der Waals surface area contributed by atoms with Crippen LogP contribution < -0.4 is 4.90 Å². The molecule has 0 radical (unpaired) electrons. The number of rotatable bonds is 3. The van der Waals surface area contributed by atoms with E-state index in [1.165, 1.54) is 30.8 Å². The van der Waals surface area contributed by atoms with E-state index < -0.39 is 0 Å². The smallest absolute Gasteiger partial charge is 0.185 e. The third-order valence-electron chi connectivity index (χ3n) is 3.28. The lowest BCUT2D eigenvalue weighted by Crippen LogP contribution is -3.05. The molecule has 19 heavy (non-hydrogen) atoms. The van der Waals surface area contributed by atoms with E-state index in [0.29, 0.717) is 5.02 Å². The number of quaternary nitrogens is 1. The summed E-state index contributed by atoms with van der Waals surface area (Å²) in [5.41, 5.74) is 0.908. The molecule has 1 saturated heterocycles. The van der Waals surface area contributed by atoms with Crippen LogP contribution in [0.15, 0.2) is 30.5 Å². The molecule has 0 atom stereocenters. The molecule has 1 aromatic carbocycles. The number of likely N-dealkylation sites (tertiary alicyclic amines) is 1. The lowest BCUT2D eigenvalue weighted by Gasteiger charge is -2.04. The van der Waals surface area contributed by atoms with Crippen molar-refractivity contribution in [2.75, 3.05) is 13.1 Å². The fourth-order valence-electron chi connectivity index (χ4n) is 2.25. The summed E-state index contributed by atoms with van der Waals surface area (Å²) < 4.78 is 1.71. The number of halogens is 1. The number of benzene rings is 1. The standard InChI is InChI=1S/C13H14ClN5/c14-11-3-5-12(6-4-11)19-13(15-16-17-19)7-10-18-8-1-2-9-18/h3-7,10H,1-2,8-9H2/p+1/b10-7+. The predicted molar refractivity (Wildman–Crippen MR) is 73.1 cm³/mol. The molecule has 1 aliphatic rings. The maximum atomic E-state index is 5.88. The van der Waals surface area contributed by atoms with E-state index in [9.17, 15) is 0 Å². The van der Waals surface area contributed by atoms with Gasteiger partial charge in [-0.3, -0.25) is 0 Å². The van der Waals surface area contributed by atoms with Crippen LogP contribution in [-0.2, 0) is 0 Å². The van der Waals surface area contributed by atoms with Crippen LogP contribution in [0, 0.1) is 0 Å². The molecule has 5 nitrogen and oxygen atoms in total. The van der Waals surface area contributed by atoms with Gasteiger partial charge in [-0.25, -0.2) is 0 Å². The van der Waals surface area contributed by atoms with Gasteiger partial charge in [-0.1, -0.05) is 11.6 Å². The lowest BCUT2D eigenvalue weighted by atomic mass is 10.3. The Bertz CT molecular complexity index is 569. The third kappa shape index (κ3) is 2.83. The highest BCUT2D eigenvalue weighted by atomic mass is 35.5. The number of hydrogen-bond donors (Lipinski definition) is 1. The highest BCUT2D eigenvalue weighted by molar-refractivity contribution is 6.30. The van der Waals surface area contributed by atoms with Crippen LogP contribution in [0.1, 0.15) is 18.7 Å². The van der Waals surface area contributed by atoms with E-state index in [0.717, 1.165) is 11.5 Å². The molecule has 98 valence electrons. The molecule has 0 aliphatic carbocycles. The zero-order valence-electron chi connectivity index (χ0n) is 10.5. The molecular weight excluding hydrogens is 262 g/mol.